The van der Waals surface area contributed by atoms with Gasteiger partial charge in [0.1, 0.15) is 5.82 Å². The Morgan fingerprint density at radius 1 is 1.50 bits per heavy atom. The molecule has 4 heteroatoms. The molecule has 0 spiro atoms. The van der Waals surface area contributed by atoms with Gasteiger partial charge in [-0.25, -0.2) is 4.98 Å². The summed E-state index contributed by atoms with van der Waals surface area (Å²) in [5.41, 5.74) is 2.26. The Morgan fingerprint density at radius 2 is 2.43 bits per heavy atom. The quantitative estimate of drug-likeness (QED) is 0.678. The normalized spacial score (nSPS) is 15.9. The molecule has 0 unspecified atom stereocenters. The Kier molecular flexibility index (Phi) is 1.50. The van der Waals surface area contributed by atoms with E-state index in [9.17, 15) is 0 Å². The van der Waals surface area contributed by atoms with Crippen molar-refractivity contribution in [2.75, 3.05) is 18.5 Å². The molecule has 0 aliphatic carbocycles. The van der Waals surface area contributed by atoms with Crippen LogP contribution in [0.5, 0.6) is 0 Å². The zero-order valence-corrected chi connectivity index (χ0v) is 8.12. The highest BCUT2D eigenvalue weighted by atomic mass is 15.2. The molecule has 14 heavy (non-hydrogen) atoms. The molecule has 2 aromatic rings. The van der Waals surface area contributed by atoms with Crippen LogP contribution in [-0.4, -0.2) is 28.8 Å². The molecular weight excluding hydrogens is 176 g/mol. The third-order valence-corrected chi connectivity index (χ3v) is 2.80. The number of hydrogen-bond acceptors (Lipinski definition) is 3. The van der Waals surface area contributed by atoms with Gasteiger partial charge in [0, 0.05) is 25.5 Å². The molecule has 4 nitrogen and oxygen atoms in total. The smallest absolute Gasteiger partial charge is 0.139 e. The van der Waals surface area contributed by atoms with Crippen molar-refractivity contribution in [1.29, 1.82) is 0 Å². The molecule has 0 saturated carbocycles. The summed E-state index contributed by atoms with van der Waals surface area (Å²) < 4.78 is 0. The summed E-state index contributed by atoms with van der Waals surface area (Å²) in [6, 6.07) is 1.96. The van der Waals surface area contributed by atoms with Crippen molar-refractivity contribution in [2.45, 2.75) is 12.8 Å². The number of aromatic nitrogens is 3. The summed E-state index contributed by atoms with van der Waals surface area (Å²) in [4.78, 5) is 6.62. The van der Waals surface area contributed by atoms with Gasteiger partial charge in [-0.3, -0.25) is 5.10 Å². The molecule has 3 rings (SSSR count). The molecule has 0 aromatic carbocycles. The van der Waals surface area contributed by atoms with Crippen LogP contribution in [0.2, 0.25) is 0 Å². The Morgan fingerprint density at radius 3 is 3.36 bits per heavy atom. The van der Waals surface area contributed by atoms with Gasteiger partial charge in [0.05, 0.1) is 10.9 Å². The average molecular weight is 188 g/mol. The van der Waals surface area contributed by atoms with Crippen molar-refractivity contribution in [3.8, 4) is 0 Å². The largest absolute Gasteiger partial charge is 0.359 e. The number of aryl methyl sites for hydroxylation is 1. The molecule has 0 radical (unpaired) electrons. The van der Waals surface area contributed by atoms with Crippen LogP contribution in [0.1, 0.15) is 12.1 Å². The van der Waals surface area contributed by atoms with Crippen LogP contribution in [0.4, 0.5) is 5.82 Å². The minimum absolute atomic E-state index is 1.03. The van der Waals surface area contributed by atoms with Gasteiger partial charge in [0.2, 0.25) is 0 Å². The molecule has 1 aliphatic rings. The standard InChI is InChI=1S/C10H12N4/c1-14-6-2-3-7-9-8(13-12-7)4-5-11-10(9)14/h4-5H,2-3,6H2,1H3,(H,12,13). The molecule has 0 fully saturated rings. The third-order valence-electron chi connectivity index (χ3n) is 2.80. The summed E-state index contributed by atoms with van der Waals surface area (Å²) in [5.74, 6) is 1.06. The van der Waals surface area contributed by atoms with E-state index in [0.717, 1.165) is 30.7 Å². The summed E-state index contributed by atoms with van der Waals surface area (Å²) in [6.45, 7) is 1.06. The molecule has 2 aromatic heterocycles. The van der Waals surface area contributed by atoms with E-state index in [1.165, 1.54) is 11.1 Å². The van der Waals surface area contributed by atoms with Crippen molar-refractivity contribution in [2.24, 2.45) is 0 Å². The molecule has 0 atom stereocenters. The van der Waals surface area contributed by atoms with Crippen LogP contribution in [-0.2, 0) is 6.42 Å². The highest BCUT2D eigenvalue weighted by Crippen LogP contribution is 2.28. The van der Waals surface area contributed by atoms with Gasteiger partial charge < -0.3 is 4.90 Å². The van der Waals surface area contributed by atoms with Gasteiger partial charge in [-0.15, -0.1) is 0 Å². The number of pyridine rings is 1. The number of nitrogens with one attached hydrogen (secondary N) is 1. The fourth-order valence-corrected chi connectivity index (χ4v) is 2.08. The lowest BCUT2D eigenvalue weighted by atomic mass is 10.2. The summed E-state index contributed by atoms with van der Waals surface area (Å²) in [6.07, 6.45) is 4.05. The zero-order valence-electron chi connectivity index (χ0n) is 8.12. The van der Waals surface area contributed by atoms with E-state index in [1.54, 1.807) is 0 Å². The lowest BCUT2D eigenvalue weighted by Crippen LogP contribution is -2.18. The fraction of sp³-hybridized carbons (Fsp3) is 0.400. The molecular formula is C10H12N4. The van der Waals surface area contributed by atoms with Gasteiger partial charge in [-0.05, 0) is 18.9 Å². The summed E-state index contributed by atoms with van der Waals surface area (Å²) in [5, 5.41) is 8.58. The van der Waals surface area contributed by atoms with E-state index in [-0.39, 0.29) is 0 Å². The van der Waals surface area contributed by atoms with Crippen molar-refractivity contribution in [3.05, 3.63) is 18.0 Å². The lowest BCUT2D eigenvalue weighted by Gasteiger charge is -2.15. The van der Waals surface area contributed by atoms with Crippen LogP contribution in [0.15, 0.2) is 12.3 Å². The molecule has 1 aliphatic heterocycles. The Bertz CT molecular complexity index is 474. The second kappa shape index (κ2) is 2.70. The number of aromatic amines is 1. The van der Waals surface area contributed by atoms with Crippen LogP contribution >= 0.6 is 0 Å². The van der Waals surface area contributed by atoms with Crippen LogP contribution in [0.3, 0.4) is 0 Å². The molecule has 0 saturated heterocycles. The maximum Gasteiger partial charge on any atom is 0.139 e. The molecule has 3 heterocycles. The fourth-order valence-electron chi connectivity index (χ4n) is 2.08. The van der Waals surface area contributed by atoms with E-state index in [4.69, 9.17) is 0 Å². The van der Waals surface area contributed by atoms with Crippen molar-refractivity contribution in [3.63, 3.8) is 0 Å². The van der Waals surface area contributed by atoms with Crippen LogP contribution in [0.25, 0.3) is 10.9 Å². The molecule has 72 valence electrons. The van der Waals surface area contributed by atoms with Crippen molar-refractivity contribution >= 4 is 16.7 Å². The maximum absolute atomic E-state index is 4.42. The van der Waals surface area contributed by atoms with Gasteiger partial charge in [0.25, 0.3) is 0 Å². The number of nitrogens with zero attached hydrogens (tertiary/aromatic N) is 3. The number of rotatable bonds is 0. The minimum atomic E-state index is 1.03. The first-order chi connectivity index (χ1) is 6.86. The van der Waals surface area contributed by atoms with Gasteiger partial charge in [0.15, 0.2) is 0 Å². The zero-order chi connectivity index (χ0) is 9.54. The number of anilines is 1. The molecule has 1 N–H and O–H groups in total. The maximum atomic E-state index is 4.42. The van der Waals surface area contributed by atoms with Crippen LogP contribution < -0.4 is 4.90 Å². The topological polar surface area (TPSA) is 44.8 Å². The second-order valence-corrected chi connectivity index (χ2v) is 3.76. The first-order valence-electron chi connectivity index (χ1n) is 4.89. The third kappa shape index (κ3) is 0.937. The number of hydrogen-bond donors (Lipinski definition) is 1. The Balaban J connectivity index is 2.38. The first-order valence-corrected chi connectivity index (χ1v) is 4.89. The molecule has 0 bridgehead atoms. The minimum Gasteiger partial charge on any atom is -0.359 e. The average Bonchev–Trinajstić information content (AvgIpc) is 2.53. The highest BCUT2D eigenvalue weighted by Gasteiger charge is 2.17. The van der Waals surface area contributed by atoms with Gasteiger partial charge in [-0.2, -0.15) is 5.10 Å². The SMILES string of the molecule is CN1CCCc2[nH]nc3ccnc1c23. The van der Waals surface area contributed by atoms with Gasteiger partial charge >= 0.3 is 0 Å². The van der Waals surface area contributed by atoms with Crippen molar-refractivity contribution in [1.82, 2.24) is 15.2 Å². The Hall–Kier alpha value is -1.58. The first kappa shape index (κ1) is 7.79. The summed E-state index contributed by atoms with van der Waals surface area (Å²) in [7, 11) is 2.09. The predicted molar refractivity (Wildman–Crippen MR) is 55.5 cm³/mol. The van der Waals surface area contributed by atoms with Gasteiger partial charge in [-0.1, -0.05) is 0 Å². The van der Waals surface area contributed by atoms with Crippen LogP contribution in [0, 0.1) is 0 Å². The number of H-pyrrole nitrogens is 1. The van der Waals surface area contributed by atoms with Crippen molar-refractivity contribution < 1.29 is 0 Å². The van der Waals surface area contributed by atoms with E-state index in [2.05, 4.69) is 27.1 Å². The van der Waals surface area contributed by atoms with E-state index in [1.807, 2.05) is 12.3 Å². The lowest BCUT2D eigenvalue weighted by molar-refractivity contribution is 0.777. The predicted octanol–water partition coefficient (Wildman–Crippen LogP) is 1.34. The van der Waals surface area contributed by atoms with E-state index in [0.29, 0.717) is 0 Å². The summed E-state index contributed by atoms with van der Waals surface area (Å²) >= 11 is 0. The Labute approximate surface area is 81.9 Å². The second-order valence-electron chi connectivity index (χ2n) is 3.76. The highest BCUT2D eigenvalue weighted by molar-refractivity contribution is 5.92. The van der Waals surface area contributed by atoms with E-state index < -0.39 is 0 Å². The molecule has 0 amide bonds. The monoisotopic (exact) mass is 188 g/mol. The van der Waals surface area contributed by atoms with E-state index >= 15 is 0 Å².